The van der Waals surface area contributed by atoms with Crippen molar-refractivity contribution in [1.29, 1.82) is 0 Å². The molecule has 1 fully saturated rings. The molecule has 2 aromatic carbocycles. The second-order valence-electron chi connectivity index (χ2n) is 7.51. The number of methoxy groups -OCH3 is 1. The number of hydrogen-bond donors (Lipinski definition) is 1. The highest BCUT2D eigenvalue weighted by Crippen LogP contribution is 2.28. The standard InChI is InChI=1S/C21H23F3N2O5S/c1-14-9-11-26(12-10-14)20(27)18-13-17(7-8-19(18)30-2)32(28,29)25-15-3-5-16(6-4-15)31-21(22,23)24/h3-8,13-14,25H,9-12H2,1-2H3. The van der Waals surface area contributed by atoms with Crippen molar-refractivity contribution >= 4 is 21.6 Å². The normalized spacial score (nSPS) is 15.3. The summed E-state index contributed by atoms with van der Waals surface area (Å²) in [6, 6.07) is 8.19. The van der Waals surface area contributed by atoms with Crippen LogP contribution in [0.15, 0.2) is 47.4 Å². The molecule has 0 saturated carbocycles. The molecule has 1 amide bonds. The maximum Gasteiger partial charge on any atom is 0.573 e. The number of carbonyl (C=O) groups excluding carboxylic acids is 1. The number of nitrogens with one attached hydrogen (secondary N) is 1. The first-order chi connectivity index (χ1) is 15.0. The Balaban J connectivity index is 1.82. The van der Waals surface area contributed by atoms with Gasteiger partial charge in [-0.1, -0.05) is 6.92 Å². The summed E-state index contributed by atoms with van der Waals surface area (Å²) in [4.78, 5) is 14.5. The summed E-state index contributed by atoms with van der Waals surface area (Å²) in [5.74, 6) is -0.0286. The van der Waals surface area contributed by atoms with Gasteiger partial charge in [0.25, 0.3) is 15.9 Å². The van der Waals surface area contributed by atoms with E-state index >= 15 is 0 Å². The van der Waals surface area contributed by atoms with Gasteiger partial charge in [-0.2, -0.15) is 0 Å². The van der Waals surface area contributed by atoms with Crippen molar-refractivity contribution in [2.24, 2.45) is 5.92 Å². The molecular weight excluding hydrogens is 449 g/mol. The number of halogens is 3. The fourth-order valence-corrected chi connectivity index (χ4v) is 4.43. The molecule has 1 aliphatic rings. The third-order valence-corrected chi connectivity index (χ3v) is 6.50. The summed E-state index contributed by atoms with van der Waals surface area (Å²) in [5.41, 5.74) is 0.159. The van der Waals surface area contributed by atoms with E-state index in [4.69, 9.17) is 4.74 Å². The van der Waals surface area contributed by atoms with Gasteiger partial charge in [0, 0.05) is 18.8 Å². The van der Waals surface area contributed by atoms with Gasteiger partial charge in [-0.05, 0) is 61.2 Å². The first kappa shape index (κ1) is 23.7. The lowest BCUT2D eigenvalue weighted by molar-refractivity contribution is -0.274. The number of benzene rings is 2. The van der Waals surface area contributed by atoms with E-state index in [1.807, 2.05) is 0 Å². The number of anilines is 1. The number of likely N-dealkylation sites (tertiary alicyclic amines) is 1. The van der Waals surface area contributed by atoms with E-state index in [-0.39, 0.29) is 27.8 Å². The van der Waals surface area contributed by atoms with Crippen LogP contribution in [0.1, 0.15) is 30.1 Å². The molecule has 0 bridgehead atoms. The molecule has 0 atom stereocenters. The van der Waals surface area contributed by atoms with E-state index in [0.717, 1.165) is 37.1 Å². The highest BCUT2D eigenvalue weighted by Gasteiger charge is 2.31. The van der Waals surface area contributed by atoms with Gasteiger partial charge < -0.3 is 14.4 Å². The van der Waals surface area contributed by atoms with E-state index < -0.39 is 22.1 Å². The van der Waals surface area contributed by atoms with Crippen molar-refractivity contribution in [3.63, 3.8) is 0 Å². The maximum atomic E-state index is 13.0. The number of amides is 1. The van der Waals surface area contributed by atoms with Crippen molar-refractivity contribution in [1.82, 2.24) is 4.90 Å². The molecule has 0 aromatic heterocycles. The number of alkyl halides is 3. The SMILES string of the molecule is COc1ccc(S(=O)(=O)Nc2ccc(OC(F)(F)F)cc2)cc1C(=O)N1CCC(C)CC1. The van der Waals surface area contributed by atoms with E-state index in [9.17, 15) is 26.4 Å². The zero-order chi connectivity index (χ0) is 23.5. The Bertz CT molecular complexity index is 1060. The van der Waals surface area contributed by atoms with Gasteiger partial charge in [0.05, 0.1) is 17.6 Å². The van der Waals surface area contributed by atoms with Crippen LogP contribution >= 0.6 is 0 Å². The number of piperidine rings is 1. The number of ether oxygens (including phenoxy) is 2. The minimum Gasteiger partial charge on any atom is -0.496 e. The molecule has 1 heterocycles. The van der Waals surface area contributed by atoms with Crippen molar-refractivity contribution in [2.45, 2.75) is 31.0 Å². The van der Waals surface area contributed by atoms with Crippen LogP contribution in [0.2, 0.25) is 0 Å². The van der Waals surface area contributed by atoms with Crippen LogP contribution in [0.5, 0.6) is 11.5 Å². The molecule has 32 heavy (non-hydrogen) atoms. The number of rotatable bonds is 6. The predicted molar refractivity (Wildman–Crippen MR) is 111 cm³/mol. The molecule has 1 aliphatic heterocycles. The zero-order valence-corrected chi connectivity index (χ0v) is 18.3. The predicted octanol–water partition coefficient (Wildman–Crippen LogP) is 4.27. The van der Waals surface area contributed by atoms with Crippen LogP contribution in [0, 0.1) is 5.92 Å². The smallest absolute Gasteiger partial charge is 0.496 e. The lowest BCUT2D eigenvalue weighted by Gasteiger charge is -2.30. The summed E-state index contributed by atoms with van der Waals surface area (Å²) in [6.07, 6.45) is -3.12. The second-order valence-corrected chi connectivity index (χ2v) is 9.20. The number of carbonyl (C=O) groups is 1. The highest BCUT2D eigenvalue weighted by molar-refractivity contribution is 7.92. The fraction of sp³-hybridized carbons (Fsp3) is 0.381. The Kier molecular flexibility index (Phi) is 6.87. The molecule has 1 saturated heterocycles. The fourth-order valence-electron chi connectivity index (χ4n) is 3.34. The lowest BCUT2D eigenvalue weighted by atomic mass is 9.98. The van der Waals surface area contributed by atoms with Crippen molar-refractivity contribution < 1.29 is 35.9 Å². The van der Waals surface area contributed by atoms with Gasteiger partial charge in [-0.25, -0.2) is 8.42 Å². The molecule has 0 aliphatic carbocycles. The second kappa shape index (κ2) is 9.27. The van der Waals surface area contributed by atoms with Gasteiger partial charge in [-0.3, -0.25) is 9.52 Å². The summed E-state index contributed by atoms with van der Waals surface area (Å²) in [7, 11) is -2.73. The van der Waals surface area contributed by atoms with Gasteiger partial charge in [0.1, 0.15) is 11.5 Å². The third-order valence-electron chi connectivity index (χ3n) is 5.12. The van der Waals surface area contributed by atoms with Gasteiger partial charge in [0.2, 0.25) is 0 Å². The van der Waals surface area contributed by atoms with Crippen LogP contribution in [0.4, 0.5) is 18.9 Å². The summed E-state index contributed by atoms with van der Waals surface area (Å²) < 4.78 is 73.8. The molecule has 0 unspecified atom stereocenters. The van der Waals surface area contributed by atoms with Crippen LogP contribution in [0.25, 0.3) is 0 Å². The molecule has 7 nitrogen and oxygen atoms in total. The third kappa shape index (κ3) is 5.84. The van der Waals surface area contributed by atoms with Gasteiger partial charge in [-0.15, -0.1) is 13.2 Å². The minimum absolute atomic E-state index is 0.0354. The average molecular weight is 472 g/mol. The van der Waals surface area contributed by atoms with Crippen LogP contribution in [-0.2, 0) is 10.0 Å². The number of nitrogens with zero attached hydrogens (tertiary/aromatic N) is 1. The molecule has 0 radical (unpaired) electrons. The van der Waals surface area contributed by atoms with E-state index in [1.54, 1.807) is 4.90 Å². The Labute approximate surface area is 184 Å². The monoisotopic (exact) mass is 472 g/mol. The minimum atomic E-state index is -4.85. The first-order valence-electron chi connectivity index (χ1n) is 9.84. The summed E-state index contributed by atoms with van der Waals surface area (Å²) in [6.45, 7) is 3.26. The first-order valence-corrected chi connectivity index (χ1v) is 11.3. The van der Waals surface area contributed by atoms with E-state index in [2.05, 4.69) is 16.4 Å². The number of sulfonamides is 1. The Morgan fingerprint density at radius 2 is 1.72 bits per heavy atom. The summed E-state index contributed by atoms with van der Waals surface area (Å²) in [5, 5.41) is 0. The molecular formula is C21H23F3N2O5S. The van der Waals surface area contributed by atoms with E-state index in [1.165, 1.54) is 25.3 Å². The molecule has 3 rings (SSSR count). The van der Waals surface area contributed by atoms with E-state index in [0.29, 0.717) is 19.0 Å². The average Bonchev–Trinajstić information content (AvgIpc) is 2.73. The van der Waals surface area contributed by atoms with Crippen LogP contribution < -0.4 is 14.2 Å². The van der Waals surface area contributed by atoms with Crippen molar-refractivity contribution in [3.05, 3.63) is 48.0 Å². The Hall–Kier alpha value is -2.95. The summed E-state index contributed by atoms with van der Waals surface area (Å²) >= 11 is 0. The molecule has 0 spiro atoms. The Morgan fingerprint density at radius 1 is 1.09 bits per heavy atom. The maximum absolute atomic E-state index is 13.0. The van der Waals surface area contributed by atoms with Crippen LogP contribution in [-0.4, -0.2) is 45.8 Å². The Morgan fingerprint density at radius 3 is 2.28 bits per heavy atom. The molecule has 1 N–H and O–H groups in total. The highest BCUT2D eigenvalue weighted by atomic mass is 32.2. The molecule has 11 heteroatoms. The lowest BCUT2D eigenvalue weighted by Crippen LogP contribution is -2.38. The zero-order valence-electron chi connectivity index (χ0n) is 17.5. The quantitative estimate of drug-likeness (QED) is 0.679. The van der Waals surface area contributed by atoms with Gasteiger partial charge >= 0.3 is 6.36 Å². The topological polar surface area (TPSA) is 84.9 Å². The number of hydrogen-bond acceptors (Lipinski definition) is 5. The molecule has 174 valence electrons. The van der Waals surface area contributed by atoms with Gasteiger partial charge in [0.15, 0.2) is 0 Å². The van der Waals surface area contributed by atoms with Crippen molar-refractivity contribution in [2.75, 3.05) is 24.9 Å². The molecule has 2 aromatic rings. The van der Waals surface area contributed by atoms with Crippen LogP contribution in [0.3, 0.4) is 0 Å². The largest absolute Gasteiger partial charge is 0.573 e. The van der Waals surface area contributed by atoms with Crippen molar-refractivity contribution in [3.8, 4) is 11.5 Å².